The van der Waals surface area contributed by atoms with E-state index in [-0.39, 0.29) is 0 Å². The van der Waals surface area contributed by atoms with Crippen molar-refractivity contribution in [1.82, 2.24) is 0 Å². The Bertz CT molecular complexity index is 219. The van der Waals surface area contributed by atoms with Crippen molar-refractivity contribution in [3.63, 3.8) is 0 Å². The van der Waals surface area contributed by atoms with Crippen LogP contribution in [0.4, 0.5) is 0 Å². The van der Waals surface area contributed by atoms with Gasteiger partial charge >= 0.3 is 17.6 Å². The predicted octanol–water partition coefficient (Wildman–Crippen LogP) is -0.985. The highest BCUT2D eigenvalue weighted by atomic mass is 28.4. The molecule has 0 heterocycles. The Labute approximate surface area is 101 Å². The monoisotopic (exact) mass is 270 g/mol. The van der Waals surface area contributed by atoms with E-state index in [4.69, 9.17) is 8.59 Å². The first-order chi connectivity index (χ1) is 9.99. The van der Waals surface area contributed by atoms with E-state index in [2.05, 4.69) is 28.8 Å². The Morgan fingerprint density at radius 2 is 1.27 bits per heavy atom. The summed E-state index contributed by atoms with van der Waals surface area (Å²) >= 11 is 0. The van der Waals surface area contributed by atoms with Gasteiger partial charge in [0.15, 0.2) is 8.59 Å². The fourth-order valence-corrected chi connectivity index (χ4v) is 2.10. The summed E-state index contributed by atoms with van der Waals surface area (Å²) in [7, 11) is -6.46. The Morgan fingerprint density at radius 3 is 1.53 bits per heavy atom. The maximum atomic E-state index is 6.56. The molecular weight excluding hydrogens is 236 g/mol. The normalized spacial score (nSPS) is 17.2. The molecule has 0 atom stereocenters. The molecule has 0 aliphatic rings. The van der Waals surface area contributed by atoms with Crippen molar-refractivity contribution in [3.8, 4) is 0 Å². The van der Waals surface area contributed by atoms with Crippen LogP contribution in [0.25, 0.3) is 0 Å². The van der Waals surface area contributed by atoms with Gasteiger partial charge in [-0.1, -0.05) is 26.7 Å². The number of hydrogen-bond donors (Lipinski definition) is 6. The van der Waals surface area contributed by atoms with Gasteiger partial charge in [0.1, 0.15) is 0 Å². The molecule has 6 nitrogen and oxygen atoms in total. The highest BCUT2D eigenvalue weighted by molar-refractivity contribution is 6.56. The minimum atomic E-state index is -3.24. The molecule has 0 fully saturated rings. The summed E-state index contributed by atoms with van der Waals surface area (Å²) in [5.74, 6) is 0. The van der Waals surface area contributed by atoms with E-state index in [0.717, 1.165) is 12.8 Å². The molecule has 0 spiro atoms. The van der Waals surface area contributed by atoms with Gasteiger partial charge in [-0.15, -0.1) is 0 Å². The highest BCUT2D eigenvalue weighted by Gasteiger charge is 2.24. The Kier molecular flexibility index (Phi) is 4.63. The van der Waals surface area contributed by atoms with Gasteiger partial charge in [-0.3, -0.25) is 0 Å². The second-order valence-electron chi connectivity index (χ2n) is 3.22. The average Bonchev–Trinajstić information content (AvgIpc) is 2.55. The van der Waals surface area contributed by atoms with Crippen molar-refractivity contribution in [2.75, 3.05) is 0 Å². The molecule has 0 unspecified atom stereocenters. The fourth-order valence-electron chi connectivity index (χ4n) is 0.699. The Morgan fingerprint density at radius 1 is 0.800 bits per heavy atom. The molecule has 15 heavy (non-hydrogen) atoms. The zero-order chi connectivity index (χ0) is 16.8. The van der Waals surface area contributed by atoms with Crippen LogP contribution in [0.2, 0.25) is 12.1 Å². The predicted molar refractivity (Wildman–Crippen MR) is 59.6 cm³/mol. The van der Waals surface area contributed by atoms with Gasteiger partial charge in [-0.25, -0.2) is 0 Å². The SMILES string of the molecule is [3H]O[Si](CCC)(O[3H])O[3H].[3H]O[Si](CCCC)(O[3H])O[3H]. The van der Waals surface area contributed by atoms with E-state index in [1.54, 1.807) is 0 Å². The van der Waals surface area contributed by atoms with Crippen molar-refractivity contribution < 1.29 is 28.8 Å². The van der Waals surface area contributed by atoms with E-state index in [0.29, 0.717) is 18.5 Å². The van der Waals surface area contributed by atoms with E-state index < -0.39 is 17.6 Å². The smallest absolute Gasteiger partial charge is 0.390 e. The lowest BCUT2D eigenvalue weighted by atomic mass is 10.4. The largest absolute Gasteiger partial charge is 0.492 e. The summed E-state index contributed by atoms with van der Waals surface area (Å²) in [6, 6.07) is 0.670. The first-order valence-corrected chi connectivity index (χ1v) is 8.71. The molecule has 0 saturated carbocycles. The third kappa shape index (κ3) is 25.0. The molecule has 6 N–H and O–H groups in total. The standard InChI is InChI=1S/C4H12O3Si.C3H10O3Si/c1-2-3-4-8(5,6)7;1-2-3-7(4,5)6/h5-7H,2-4H2,1H3;4-6H,2-3H2,1H3/i5T,6T,7T;4T,5T,6T. The van der Waals surface area contributed by atoms with E-state index in [1.165, 1.54) is 0 Å². The fraction of sp³-hybridized carbons (Fsp3) is 1.00. The maximum absolute atomic E-state index is 6.56. The lowest BCUT2D eigenvalue weighted by molar-refractivity contribution is 0.225. The van der Waals surface area contributed by atoms with E-state index in [9.17, 15) is 0 Å². The van der Waals surface area contributed by atoms with Crippen LogP contribution in [-0.2, 0) is 0 Å². The quantitative estimate of drug-likeness (QED) is 0.268. The highest BCUT2D eigenvalue weighted by Crippen LogP contribution is 2.02. The topological polar surface area (TPSA) is 121 Å². The Hall–Kier alpha value is 0.194. The summed E-state index contributed by atoms with van der Waals surface area (Å²) in [6.07, 6.45) is 2.30. The molecule has 0 aliphatic carbocycles. The van der Waals surface area contributed by atoms with Crippen LogP contribution in [0, 0.1) is 0 Å². The first-order valence-electron chi connectivity index (χ1n) is 7.30. The molecule has 0 aromatic carbocycles. The zero-order valence-electron chi connectivity index (χ0n) is 15.0. The molecule has 0 aromatic heterocycles. The average molecular weight is 270 g/mol. The van der Waals surface area contributed by atoms with Crippen molar-refractivity contribution in [3.05, 3.63) is 0 Å². The van der Waals surface area contributed by atoms with Gasteiger partial charge in [0.05, 0.1) is 0 Å². The van der Waals surface area contributed by atoms with Crippen molar-refractivity contribution in [2.24, 2.45) is 0 Å². The molecule has 0 aliphatic heterocycles. The number of hydrogen-bond acceptors (Lipinski definition) is 6. The van der Waals surface area contributed by atoms with Gasteiger partial charge in [0.2, 0.25) is 0 Å². The van der Waals surface area contributed by atoms with Crippen LogP contribution in [0.15, 0.2) is 0 Å². The van der Waals surface area contributed by atoms with Crippen LogP contribution in [0.3, 0.4) is 0 Å². The van der Waals surface area contributed by atoms with Gasteiger partial charge < -0.3 is 28.8 Å². The zero-order valence-corrected chi connectivity index (χ0v) is 11.0. The molecule has 0 radical (unpaired) electrons. The minimum Gasteiger partial charge on any atom is -0.390 e. The molecule has 0 aromatic rings. The summed E-state index contributed by atoms with van der Waals surface area (Å²) in [5, 5.41) is 0. The van der Waals surface area contributed by atoms with E-state index >= 15 is 0 Å². The van der Waals surface area contributed by atoms with Crippen LogP contribution in [0.1, 0.15) is 33.1 Å². The summed E-state index contributed by atoms with van der Waals surface area (Å²) in [6.45, 7) is 3.79. The second-order valence-corrected chi connectivity index (χ2v) is 6.95. The molecule has 0 saturated heterocycles. The molecular formula is C7H22O6Si2. The maximum Gasteiger partial charge on any atom is 0.492 e. The molecule has 94 valence electrons. The summed E-state index contributed by atoms with van der Waals surface area (Å²) < 4.78 is 39.1. The molecule has 8 heteroatoms. The third-order valence-electron chi connectivity index (χ3n) is 1.39. The minimum absolute atomic E-state index is 0.323. The lowest BCUT2D eigenvalue weighted by Gasteiger charge is -2.06. The van der Waals surface area contributed by atoms with Crippen LogP contribution in [-0.4, -0.2) is 55.0 Å². The molecule has 0 rings (SSSR count). The lowest BCUT2D eigenvalue weighted by Crippen LogP contribution is -2.33. The summed E-state index contributed by atoms with van der Waals surface area (Å²) in [4.78, 5) is 24.5. The van der Waals surface area contributed by atoms with Crippen LogP contribution in [0.5, 0.6) is 0 Å². The molecule has 0 bridgehead atoms. The Balaban J connectivity index is 0. The van der Waals surface area contributed by atoms with Crippen molar-refractivity contribution in [1.29, 1.82) is 8.59 Å². The van der Waals surface area contributed by atoms with Gasteiger partial charge in [-0.05, 0) is 6.42 Å². The van der Waals surface area contributed by atoms with Crippen molar-refractivity contribution in [2.45, 2.75) is 45.2 Å². The second kappa shape index (κ2) is 8.36. The van der Waals surface area contributed by atoms with Crippen LogP contribution >= 0.6 is 0 Å². The van der Waals surface area contributed by atoms with Crippen molar-refractivity contribution >= 4 is 17.6 Å². The number of unbranched alkanes of at least 4 members (excludes halogenated alkanes) is 1. The van der Waals surface area contributed by atoms with Crippen LogP contribution < -0.4 is 0 Å². The summed E-state index contributed by atoms with van der Waals surface area (Å²) in [5.41, 5.74) is 0. The van der Waals surface area contributed by atoms with Gasteiger partial charge in [-0.2, -0.15) is 0 Å². The third-order valence-corrected chi connectivity index (χ3v) is 3.47. The molecule has 0 amide bonds. The number of rotatable bonds is 11. The van der Waals surface area contributed by atoms with Gasteiger partial charge in [0, 0.05) is 12.1 Å². The van der Waals surface area contributed by atoms with E-state index in [1.807, 2.05) is 13.8 Å². The van der Waals surface area contributed by atoms with Gasteiger partial charge in [0.25, 0.3) is 0 Å². The first kappa shape index (κ1) is 8.31.